The van der Waals surface area contributed by atoms with Crippen LogP contribution in [0.1, 0.15) is 6.42 Å². The van der Waals surface area contributed by atoms with E-state index in [2.05, 4.69) is 102 Å². The van der Waals surface area contributed by atoms with Crippen LogP contribution in [0, 0.1) is 0 Å². The molecule has 1 aliphatic rings. The van der Waals surface area contributed by atoms with Gasteiger partial charge in [-0.2, -0.15) is 0 Å². The third-order valence-electron chi connectivity index (χ3n) is 4.96. The molecule has 0 aliphatic heterocycles. The van der Waals surface area contributed by atoms with Gasteiger partial charge in [0.1, 0.15) is 0 Å². The Morgan fingerprint density at radius 2 is 1.54 bits per heavy atom. The number of benzene rings is 3. The highest BCUT2D eigenvalue weighted by Crippen LogP contribution is 2.38. The molecule has 3 aromatic carbocycles. The predicted molar refractivity (Wildman–Crippen MR) is 115 cm³/mol. The van der Waals surface area contributed by atoms with Crippen molar-refractivity contribution in [2.75, 3.05) is 4.90 Å². The van der Waals surface area contributed by atoms with Crippen molar-refractivity contribution >= 4 is 42.9 Å². The minimum atomic E-state index is 0.338. The molecule has 1 aliphatic carbocycles. The molecule has 1 aromatic heterocycles. The summed E-state index contributed by atoms with van der Waals surface area (Å²) in [5.74, 6) is 0. The fourth-order valence-corrected chi connectivity index (χ4v) is 4.83. The van der Waals surface area contributed by atoms with Crippen LogP contribution in [0.5, 0.6) is 0 Å². The van der Waals surface area contributed by atoms with Gasteiger partial charge in [-0.25, -0.2) is 0 Å². The number of nitrogens with zero attached hydrogens (tertiary/aromatic N) is 1. The largest absolute Gasteiger partial charge is 0.334 e. The van der Waals surface area contributed by atoms with Gasteiger partial charge < -0.3 is 4.90 Å². The van der Waals surface area contributed by atoms with Crippen molar-refractivity contribution in [3.8, 4) is 0 Å². The molecule has 0 N–H and O–H groups in total. The maximum absolute atomic E-state index is 2.45. The molecule has 0 saturated heterocycles. The van der Waals surface area contributed by atoms with Crippen LogP contribution in [0.25, 0.3) is 20.2 Å². The monoisotopic (exact) mass is 353 g/mol. The molecule has 0 bridgehead atoms. The van der Waals surface area contributed by atoms with E-state index in [-0.39, 0.29) is 0 Å². The number of hydrogen-bond acceptors (Lipinski definition) is 2. The molecule has 1 atom stereocenters. The summed E-state index contributed by atoms with van der Waals surface area (Å²) in [5.41, 5.74) is 2.48. The van der Waals surface area contributed by atoms with Gasteiger partial charge in [0.15, 0.2) is 0 Å². The van der Waals surface area contributed by atoms with E-state index in [0.29, 0.717) is 6.04 Å². The summed E-state index contributed by atoms with van der Waals surface area (Å²) in [7, 11) is 0. The third-order valence-corrected chi connectivity index (χ3v) is 6.11. The van der Waals surface area contributed by atoms with Gasteiger partial charge >= 0.3 is 0 Å². The summed E-state index contributed by atoms with van der Waals surface area (Å²) < 4.78 is 2.70. The number of allylic oxidation sites excluding steroid dienone is 2. The van der Waals surface area contributed by atoms with Crippen molar-refractivity contribution < 1.29 is 0 Å². The Kier molecular flexibility index (Phi) is 3.84. The molecular formula is C24H19NS. The van der Waals surface area contributed by atoms with Crippen LogP contribution in [0.2, 0.25) is 0 Å². The van der Waals surface area contributed by atoms with Crippen molar-refractivity contribution in [2.24, 2.45) is 0 Å². The molecule has 1 unspecified atom stereocenters. The average Bonchev–Trinajstić information content (AvgIpc) is 3.08. The topological polar surface area (TPSA) is 3.24 Å². The maximum Gasteiger partial charge on any atom is 0.0559 e. The number of rotatable bonds is 3. The molecular weight excluding hydrogens is 334 g/mol. The fraction of sp³-hybridized carbons (Fsp3) is 0.0833. The van der Waals surface area contributed by atoms with Gasteiger partial charge in [-0.1, -0.05) is 60.7 Å². The second kappa shape index (κ2) is 6.47. The summed E-state index contributed by atoms with van der Waals surface area (Å²) in [6.45, 7) is 0. The highest BCUT2D eigenvalue weighted by Gasteiger charge is 2.19. The van der Waals surface area contributed by atoms with Crippen molar-refractivity contribution in [3.63, 3.8) is 0 Å². The third kappa shape index (κ3) is 2.63. The molecule has 5 rings (SSSR count). The van der Waals surface area contributed by atoms with Crippen LogP contribution in [0.4, 0.5) is 11.4 Å². The van der Waals surface area contributed by atoms with E-state index in [1.54, 1.807) is 0 Å². The van der Waals surface area contributed by atoms with Gasteiger partial charge in [0.25, 0.3) is 0 Å². The van der Waals surface area contributed by atoms with E-state index in [4.69, 9.17) is 0 Å². The Hall–Kier alpha value is -2.84. The first-order valence-corrected chi connectivity index (χ1v) is 9.81. The SMILES string of the molecule is C1=CCC(N(c2ccccc2)c2ccc3sc4ccccc4c3c2)C=C1. The minimum Gasteiger partial charge on any atom is -0.334 e. The van der Waals surface area contributed by atoms with Crippen LogP contribution >= 0.6 is 11.3 Å². The van der Waals surface area contributed by atoms with Gasteiger partial charge in [0.05, 0.1) is 6.04 Å². The minimum absolute atomic E-state index is 0.338. The Morgan fingerprint density at radius 1 is 0.731 bits per heavy atom. The lowest BCUT2D eigenvalue weighted by Gasteiger charge is -2.32. The number of hydrogen-bond donors (Lipinski definition) is 0. The van der Waals surface area contributed by atoms with Crippen LogP contribution in [-0.2, 0) is 0 Å². The van der Waals surface area contributed by atoms with Gasteiger partial charge in [-0.05, 0) is 42.8 Å². The zero-order valence-corrected chi connectivity index (χ0v) is 15.2. The molecule has 126 valence electrons. The number of fused-ring (bicyclic) bond motifs is 3. The number of thiophene rings is 1. The molecule has 4 aromatic rings. The molecule has 26 heavy (non-hydrogen) atoms. The van der Waals surface area contributed by atoms with E-state index < -0.39 is 0 Å². The first-order valence-electron chi connectivity index (χ1n) is 8.99. The van der Waals surface area contributed by atoms with Gasteiger partial charge in [0, 0.05) is 31.5 Å². The van der Waals surface area contributed by atoms with Gasteiger partial charge in [-0.3, -0.25) is 0 Å². The molecule has 0 radical (unpaired) electrons. The fourth-order valence-electron chi connectivity index (χ4n) is 3.74. The first kappa shape index (κ1) is 15.4. The second-order valence-corrected chi connectivity index (χ2v) is 7.68. The van der Waals surface area contributed by atoms with Crippen LogP contribution in [0.15, 0.2) is 97.1 Å². The number of anilines is 2. The summed E-state index contributed by atoms with van der Waals surface area (Å²) in [6.07, 6.45) is 9.85. The normalized spacial score (nSPS) is 16.4. The summed E-state index contributed by atoms with van der Waals surface area (Å²) in [6, 6.07) is 26.6. The van der Waals surface area contributed by atoms with Gasteiger partial charge in [0.2, 0.25) is 0 Å². The molecule has 0 saturated carbocycles. The Bertz CT molecular complexity index is 1120. The van der Waals surface area contributed by atoms with Gasteiger partial charge in [-0.15, -0.1) is 11.3 Å². The summed E-state index contributed by atoms with van der Waals surface area (Å²) >= 11 is 1.87. The lowest BCUT2D eigenvalue weighted by Crippen LogP contribution is -2.29. The van der Waals surface area contributed by atoms with Crippen molar-refractivity contribution in [1.82, 2.24) is 0 Å². The van der Waals surface area contributed by atoms with Crippen LogP contribution in [-0.4, -0.2) is 6.04 Å². The highest BCUT2D eigenvalue weighted by molar-refractivity contribution is 7.25. The first-order chi connectivity index (χ1) is 12.9. The van der Waals surface area contributed by atoms with Crippen LogP contribution < -0.4 is 4.90 Å². The zero-order chi connectivity index (χ0) is 17.3. The lowest BCUT2D eigenvalue weighted by atomic mass is 10.0. The molecule has 0 amide bonds. The second-order valence-electron chi connectivity index (χ2n) is 6.60. The summed E-state index contributed by atoms with van der Waals surface area (Å²) in [5, 5.41) is 2.70. The Morgan fingerprint density at radius 3 is 2.38 bits per heavy atom. The molecule has 2 heteroatoms. The van der Waals surface area contributed by atoms with E-state index >= 15 is 0 Å². The highest BCUT2D eigenvalue weighted by atomic mass is 32.1. The quantitative estimate of drug-likeness (QED) is 0.380. The predicted octanol–water partition coefficient (Wildman–Crippen LogP) is 7.08. The van der Waals surface area contributed by atoms with E-state index in [0.717, 1.165) is 6.42 Å². The van der Waals surface area contributed by atoms with Crippen molar-refractivity contribution in [2.45, 2.75) is 12.5 Å². The van der Waals surface area contributed by atoms with E-state index in [1.807, 2.05) is 11.3 Å². The van der Waals surface area contributed by atoms with Crippen molar-refractivity contribution in [3.05, 3.63) is 97.1 Å². The lowest BCUT2D eigenvalue weighted by molar-refractivity contribution is 0.785. The Labute approximate surface area is 157 Å². The molecule has 0 spiro atoms. The standard InChI is InChI=1S/C24H19NS/c1-3-9-18(10-4-1)25(19-11-5-2-6-12-19)20-15-16-24-22(17-20)21-13-7-8-14-23(21)26-24/h1-11,13-17,19H,12H2. The maximum atomic E-state index is 2.45. The number of para-hydroxylation sites is 1. The smallest absolute Gasteiger partial charge is 0.0559 e. The zero-order valence-electron chi connectivity index (χ0n) is 14.4. The molecule has 0 fully saturated rings. The van der Waals surface area contributed by atoms with E-state index in [9.17, 15) is 0 Å². The van der Waals surface area contributed by atoms with E-state index in [1.165, 1.54) is 31.5 Å². The summed E-state index contributed by atoms with van der Waals surface area (Å²) in [4.78, 5) is 2.45. The van der Waals surface area contributed by atoms with Crippen LogP contribution in [0.3, 0.4) is 0 Å². The Balaban J connectivity index is 1.69. The molecule has 1 heterocycles. The average molecular weight is 353 g/mol. The molecule has 1 nitrogen and oxygen atoms in total. The van der Waals surface area contributed by atoms with Crippen molar-refractivity contribution in [1.29, 1.82) is 0 Å².